The van der Waals surface area contributed by atoms with Gasteiger partial charge in [0.1, 0.15) is 5.75 Å². The monoisotopic (exact) mass is 295 g/mol. The van der Waals surface area contributed by atoms with E-state index in [2.05, 4.69) is 30.6 Å². The van der Waals surface area contributed by atoms with Crippen LogP contribution in [0.25, 0.3) is 0 Å². The molecular weight excluding hydrogens is 278 g/mol. The predicted molar refractivity (Wildman–Crippen MR) is 82.3 cm³/mol. The molecule has 2 aromatic rings. The van der Waals surface area contributed by atoms with E-state index < -0.39 is 0 Å². The Bertz CT molecular complexity index is 540. The average molecular weight is 296 g/mol. The maximum Gasteiger partial charge on any atom is 0.123 e. The zero-order valence-electron chi connectivity index (χ0n) is 11.3. The van der Waals surface area contributed by atoms with E-state index in [-0.39, 0.29) is 12.1 Å². The van der Waals surface area contributed by atoms with Crippen LogP contribution >= 0.6 is 22.9 Å². The number of hydrogen-bond acceptors (Lipinski definition) is 3. The third-order valence-corrected chi connectivity index (χ3v) is 4.30. The molecule has 0 aliphatic carbocycles. The molecule has 2 nitrogen and oxygen atoms in total. The lowest BCUT2D eigenvalue weighted by Gasteiger charge is -2.21. The molecule has 2 rings (SSSR count). The molecule has 4 heteroatoms. The molecule has 1 aromatic carbocycles. The van der Waals surface area contributed by atoms with Crippen LogP contribution in [0.5, 0.6) is 5.75 Å². The maximum atomic E-state index is 5.98. The average Bonchev–Trinajstić information content (AvgIpc) is 2.85. The zero-order valence-corrected chi connectivity index (χ0v) is 12.9. The van der Waals surface area contributed by atoms with Crippen molar-refractivity contribution in [2.45, 2.75) is 25.9 Å². The first-order chi connectivity index (χ1) is 9.11. The third kappa shape index (κ3) is 3.50. The Morgan fingerprint density at radius 2 is 1.95 bits per heavy atom. The molecule has 2 atom stereocenters. The minimum atomic E-state index is 0.213. The van der Waals surface area contributed by atoms with Gasteiger partial charge in [-0.1, -0.05) is 29.8 Å². The van der Waals surface area contributed by atoms with E-state index in [1.165, 1.54) is 5.56 Å². The van der Waals surface area contributed by atoms with Gasteiger partial charge >= 0.3 is 0 Å². The second-order valence-corrected chi connectivity index (χ2v) is 6.08. The van der Waals surface area contributed by atoms with E-state index in [1.807, 2.05) is 24.3 Å². The normalized spacial score (nSPS) is 14.1. The summed E-state index contributed by atoms with van der Waals surface area (Å²) in [5.41, 5.74) is 2.38. The van der Waals surface area contributed by atoms with Crippen LogP contribution in [0.15, 0.2) is 35.7 Å². The molecule has 0 saturated heterocycles. The van der Waals surface area contributed by atoms with Crippen LogP contribution in [0.3, 0.4) is 0 Å². The van der Waals surface area contributed by atoms with Crippen LogP contribution in [0.4, 0.5) is 0 Å². The summed E-state index contributed by atoms with van der Waals surface area (Å²) in [4.78, 5) is 0. The van der Waals surface area contributed by atoms with Crippen LogP contribution in [0.1, 0.15) is 37.1 Å². The predicted octanol–water partition coefficient (Wildman–Crippen LogP) is 4.82. The summed E-state index contributed by atoms with van der Waals surface area (Å²) in [5.74, 6) is 0.915. The summed E-state index contributed by atoms with van der Waals surface area (Å²) in [7, 11) is 1.70. The van der Waals surface area contributed by atoms with Gasteiger partial charge in [-0.25, -0.2) is 0 Å². The van der Waals surface area contributed by atoms with Crippen LogP contribution < -0.4 is 10.1 Å². The summed E-state index contributed by atoms with van der Waals surface area (Å²) in [6, 6.07) is 10.6. The minimum Gasteiger partial charge on any atom is -0.496 e. The van der Waals surface area contributed by atoms with E-state index >= 15 is 0 Å². The van der Waals surface area contributed by atoms with Crippen molar-refractivity contribution in [3.8, 4) is 5.75 Å². The van der Waals surface area contributed by atoms with E-state index in [0.29, 0.717) is 0 Å². The molecule has 0 aliphatic heterocycles. The smallest absolute Gasteiger partial charge is 0.123 e. The fraction of sp³-hybridized carbons (Fsp3) is 0.333. The Labute approximate surface area is 123 Å². The van der Waals surface area contributed by atoms with Crippen molar-refractivity contribution in [3.05, 3.63) is 51.2 Å². The van der Waals surface area contributed by atoms with Gasteiger partial charge in [0.25, 0.3) is 0 Å². The van der Waals surface area contributed by atoms with Crippen LogP contribution in [-0.4, -0.2) is 7.11 Å². The minimum absolute atomic E-state index is 0.213. The molecule has 0 fully saturated rings. The highest BCUT2D eigenvalue weighted by Crippen LogP contribution is 2.29. The lowest BCUT2D eigenvalue weighted by atomic mass is 10.0. The van der Waals surface area contributed by atoms with E-state index in [1.54, 1.807) is 18.4 Å². The molecule has 19 heavy (non-hydrogen) atoms. The summed E-state index contributed by atoms with van der Waals surface area (Å²) in [6.45, 7) is 4.28. The molecule has 0 radical (unpaired) electrons. The summed E-state index contributed by atoms with van der Waals surface area (Å²) in [6.07, 6.45) is 0. The van der Waals surface area contributed by atoms with Gasteiger partial charge in [0, 0.05) is 17.6 Å². The largest absolute Gasteiger partial charge is 0.496 e. The van der Waals surface area contributed by atoms with Crippen LogP contribution in [0.2, 0.25) is 4.34 Å². The number of halogens is 1. The first-order valence-corrected chi connectivity index (χ1v) is 7.50. The molecule has 0 amide bonds. The molecule has 2 unspecified atom stereocenters. The third-order valence-electron chi connectivity index (χ3n) is 3.19. The summed E-state index contributed by atoms with van der Waals surface area (Å²) >= 11 is 7.54. The lowest BCUT2D eigenvalue weighted by molar-refractivity contribution is 0.396. The number of thiophene rings is 1. The fourth-order valence-corrected chi connectivity index (χ4v) is 3.12. The number of para-hydroxylation sites is 1. The lowest BCUT2D eigenvalue weighted by Crippen LogP contribution is -2.22. The van der Waals surface area contributed by atoms with Gasteiger partial charge in [0.15, 0.2) is 0 Å². The zero-order chi connectivity index (χ0) is 13.8. The molecule has 1 N–H and O–H groups in total. The highest BCUT2D eigenvalue weighted by atomic mass is 35.5. The standard InChI is InChI=1S/C15H18ClNOS/c1-10(12-8-15(16)19-9-12)17-11(2)13-6-4-5-7-14(13)18-3/h4-11,17H,1-3H3. The first-order valence-electron chi connectivity index (χ1n) is 6.24. The molecule has 1 heterocycles. The molecule has 0 bridgehead atoms. The van der Waals surface area contributed by atoms with Gasteiger partial charge in [0.2, 0.25) is 0 Å². The Morgan fingerprint density at radius 3 is 2.58 bits per heavy atom. The SMILES string of the molecule is COc1ccccc1C(C)NC(C)c1csc(Cl)c1. The number of nitrogens with one attached hydrogen (secondary N) is 1. The van der Waals surface area contributed by atoms with Gasteiger partial charge in [-0.3, -0.25) is 0 Å². The summed E-state index contributed by atoms with van der Waals surface area (Å²) in [5, 5.41) is 5.66. The number of hydrogen-bond donors (Lipinski definition) is 1. The summed E-state index contributed by atoms with van der Waals surface area (Å²) < 4.78 is 6.23. The Balaban J connectivity index is 2.10. The van der Waals surface area contributed by atoms with Gasteiger partial charge in [-0.05, 0) is 36.9 Å². The molecular formula is C15H18ClNOS. The van der Waals surface area contributed by atoms with E-state index in [0.717, 1.165) is 15.6 Å². The number of methoxy groups -OCH3 is 1. The van der Waals surface area contributed by atoms with Gasteiger partial charge in [-0.15, -0.1) is 11.3 Å². The Hall–Kier alpha value is -1.03. The topological polar surface area (TPSA) is 21.3 Å². The van der Waals surface area contributed by atoms with E-state index in [4.69, 9.17) is 16.3 Å². The van der Waals surface area contributed by atoms with Crippen molar-refractivity contribution < 1.29 is 4.74 Å². The number of benzene rings is 1. The second kappa shape index (κ2) is 6.42. The van der Waals surface area contributed by atoms with Gasteiger partial charge in [0.05, 0.1) is 11.4 Å². The van der Waals surface area contributed by atoms with Crippen LogP contribution in [0, 0.1) is 0 Å². The number of ether oxygens (including phenoxy) is 1. The van der Waals surface area contributed by atoms with Crippen molar-refractivity contribution >= 4 is 22.9 Å². The van der Waals surface area contributed by atoms with Crippen molar-refractivity contribution in [2.24, 2.45) is 0 Å². The highest BCUT2D eigenvalue weighted by molar-refractivity contribution is 7.14. The maximum absolute atomic E-state index is 5.98. The Morgan fingerprint density at radius 1 is 1.21 bits per heavy atom. The molecule has 0 saturated carbocycles. The number of rotatable bonds is 5. The van der Waals surface area contributed by atoms with Gasteiger partial charge in [-0.2, -0.15) is 0 Å². The highest BCUT2D eigenvalue weighted by Gasteiger charge is 2.15. The van der Waals surface area contributed by atoms with Crippen molar-refractivity contribution in [3.63, 3.8) is 0 Å². The fourth-order valence-electron chi connectivity index (χ4n) is 2.14. The Kier molecular flexibility index (Phi) is 4.86. The second-order valence-electron chi connectivity index (χ2n) is 4.54. The quantitative estimate of drug-likeness (QED) is 0.853. The molecule has 0 spiro atoms. The molecule has 0 aliphatic rings. The van der Waals surface area contributed by atoms with Crippen molar-refractivity contribution in [1.29, 1.82) is 0 Å². The van der Waals surface area contributed by atoms with E-state index in [9.17, 15) is 0 Å². The van der Waals surface area contributed by atoms with Crippen molar-refractivity contribution in [2.75, 3.05) is 7.11 Å². The molecule has 102 valence electrons. The first kappa shape index (κ1) is 14.4. The van der Waals surface area contributed by atoms with Crippen molar-refractivity contribution in [1.82, 2.24) is 5.32 Å². The molecule has 1 aromatic heterocycles. The van der Waals surface area contributed by atoms with Gasteiger partial charge < -0.3 is 10.1 Å². The van der Waals surface area contributed by atoms with Crippen LogP contribution in [-0.2, 0) is 0 Å².